The number of hydrogen-bond donors (Lipinski definition) is 1. The molecule has 106 valence electrons. The van der Waals surface area contributed by atoms with Crippen molar-refractivity contribution in [3.63, 3.8) is 0 Å². The number of Topliss-reactive ketones (excluding diaryl/α,β-unsaturated/α-hetero) is 1. The minimum Gasteiger partial charge on any atom is -0.488 e. The van der Waals surface area contributed by atoms with Gasteiger partial charge in [0.1, 0.15) is 18.1 Å². The van der Waals surface area contributed by atoms with Crippen molar-refractivity contribution in [3.8, 4) is 5.75 Å². The molecule has 0 amide bonds. The average molecular weight is 272 g/mol. The zero-order chi connectivity index (χ0) is 14.2. The fourth-order valence-corrected chi connectivity index (χ4v) is 3.16. The maximum Gasteiger partial charge on any atom is 0.144 e. The van der Waals surface area contributed by atoms with Crippen LogP contribution >= 0.6 is 0 Å². The molecule has 20 heavy (non-hydrogen) atoms. The Hall–Kier alpha value is -1.84. The first-order valence-corrected chi connectivity index (χ1v) is 7.08. The minimum absolute atomic E-state index is 0.0660. The number of hydrogen-bond acceptors (Lipinski definition) is 4. The SMILES string of the molecule is CC1(C)CC(=O)[C@@H]2C(COc3ccccc3)=NN[C@@H]2C1. The topological polar surface area (TPSA) is 50.7 Å². The third-order valence-electron chi connectivity index (χ3n) is 4.04. The molecule has 1 N–H and O–H groups in total. The van der Waals surface area contributed by atoms with Crippen molar-refractivity contribution in [1.82, 2.24) is 5.43 Å². The van der Waals surface area contributed by atoms with Crippen molar-refractivity contribution in [3.05, 3.63) is 30.3 Å². The van der Waals surface area contributed by atoms with Crippen molar-refractivity contribution < 1.29 is 9.53 Å². The van der Waals surface area contributed by atoms with Gasteiger partial charge in [0, 0.05) is 6.42 Å². The highest BCUT2D eigenvalue weighted by atomic mass is 16.5. The predicted molar refractivity (Wildman–Crippen MR) is 77.8 cm³/mol. The Morgan fingerprint density at radius 3 is 2.85 bits per heavy atom. The summed E-state index contributed by atoms with van der Waals surface area (Å²) < 4.78 is 5.72. The molecule has 0 unspecified atom stereocenters. The van der Waals surface area contributed by atoms with Gasteiger partial charge in [-0.25, -0.2) is 0 Å². The summed E-state index contributed by atoms with van der Waals surface area (Å²) in [6, 6.07) is 9.77. The van der Waals surface area contributed by atoms with Crippen LogP contribution in [-0.2, 0) is 4.79 Å². The van der Waals surface area contributed by atoms with Crippen molar-refractivity contribution >= 4 is 11.5 Å². The quantitative estimate of drug-likeness (QED) is 0.919. The first-order valence-electron chi connectivity index (χ1n) is 7.08. The lowest BCUT2D eigenvalue weighted by molar-refractivity contribution is -0.126. The first-order chi connectivity index (χ1) is 9.55. The molecule has 1 fully saturated rings. The molecular weight excluding hydrogens is 252 g/mol. The van der Waals surface area contributed by atoms with Gasteiger partial charge in [-0.15, -0.1) is 0 Å². The van der Waals surface area contributed by atoms with Crippen molar-refractivity contribution in [2.24, 2.45) is 16.4 Å². The number of benzene rings is 1. The molecule has 4 heteroatoms. The molecule has 4 nitrogen and oxygen atoms in total. The molecule has 1 heterocycles. The summed E-state index contributed by atoms with van der Waals surface area (Å²) in [5.41, 5.74) is 4.02. The average Bonchev–Trinajstić information content (AvgIpc) is 2.79. The molecule has 2 atom stereocenters. The van der Waals surface area contributed by atoms with E-state index in [-0.39, 0.29) is 23.2 Å². The molecule has 3 rings (SSSR count). The van der Waals surface area contributed by atoms with Gasteiger partial charge in [0.25, 0.3) is 0 Å². The van der Waals surface area contributed by atoms with Crippen LogP contribution in [0.4, 0.5) is 0 Å². The third-order valence-corrected chi connectivity index (χ3v) is 4.04. The fraction of sp³-hybridized carbons (Fsp3) is 0.500. The zero-order valence-corrected chi connectivity index (χ0v) is 11.9. The Labute approximate surface area is 119 Å². The Morgan fingerprint density at radius 2 is 2.10 bits per heavy atom. The number of fused-ring (bicyclic) bond motifs is 1. The molecule has 1 aliphatic heterocycles. The Morgan fingerprint density at radius 1 is 1.35 bits per heavy atom. The second-order valence-electron chi connectivity index (χ2n) is 6.43. The van der Waals surface area contributed by atoms with Gasteiger partial charge in [0.15, 0.2) is 0 Å². The number of ketones is 1. The van der Waals surface area contributed by atoms with Crippen LogP contribution in [0.1, 0.15) is 26.7 Å². The van der Waals surface area contributed by atoms with Crippen molar-refractivity contribution in [2.75, 3.05) is 6.61 Å². The maximum absolute atomic E-state index is 12.3. The minimum atomic E-state index is -0.105. The van der Waals surface area contributed by atoms with E-state index in [1.54, 1.807) is 0 Å². The van der Waals surface area contributed by atoms with Crippen LogP contribution in [0.2, 0.25) is 0 Å². The van der Waals surface area contributed by atoms with Crippen molar-refractivity contribution in [2.45, 2.75) is 32.7 Å². The summed E-state index contributed by atoms with van der Waals surface area (Å²) in [5.74, 6) is 0.987. The smallest absolute Gasteiger partial charge is 0.144 e. The Balaban J connectivity index is 1.66. The number of para-hydroxylation sites is 1. The number of ether oxygens (including phenoxy) is 1. The lowest BCUT2D eigenvalue weighted by Gasteiger charge is -2.36. The maximum atomic E-state index is 12.3. The highest BCUT2D eigenvalue weighted by Gasteiger charge is 2.45. The van der Waals surface area contributed by atoms with Crippen LogP contribution in [0.15, 0.2) is 35.4 Å². The highest BCUT2D eigenvalue weighted by Crippen LogP contribution is 2.38. The summed E-state index contributed by atoms with van der Waals surface area (Å²) >= 11 is 0. The van der Waals surface area contributed by atoms with Crippen LogP contribution in [0, 0.1) is 11.3 Å². The molecule has 1 aromatic rings. The van der Waals surface area contributed by atoms with Crippen LogP contribution < -0.4 is 10.2 Å². The lowest BCUT2D eigenvalue weighted by Crippen LogP contribution is -2.46. The van der Waals surface area contributed by atoms with Gasteiger partial charge in [0.2, 0.25) is 0 Å². The predicted octanol–water partition coefficient (Wildman–Crippen LogP) is 2.40. The number of nitrogens with zero attached hydrogens (tertiary/aromatic N) is 1. The number of rotatable bonds is 3. The molecule has 0 spiro atoms. The van der Waals surface area contributed by atoms with Crippen molar-refractivity contribution in [1.29, 1.82) is 0 Å². The number of hydrazone groups is 1. The van der Waals surface area contributed by atoms with E-state index in [1.807, 2.05) is 30.3 Å². The standard InChI is InChI=1S/C16H20N2O2/c1-16(2)8-12-15(14(19)9-16)13(18-17-12)10-20-11-6-4-3-5-7-11/h3-7,12,15,17H,8-10H2,1-2H3/t12-,15+/m1/s1. The van der Waals surface area contributed by atoms with Gasteiger partial charge < -0.3 is 10.2 Å². The molecule has 0 saturated heterocycles. The second kappa shape index (κ2) is 4.93. The summed E-state index contributed by atoms with van der Waals surface area (Å²) in [4.78, 5) is 12.3. The summed E-state index contributed by atoms with van der Waals surface area (Å²) in [7, 11) is 0. The third kappa shape index (κ3) is 2.55. The van der Waals surface area contributed by atoms with Gasteiger partial charge in [-0.3, -0.25) is 4.79 Å². The van der Waals surface area contributed by atoms with E-state index < -0.39 is 0 Å². The number of carbonyl (C=O) groups is 1. The molecular formula is C16H20N2O2. The summed E-state index contributed by atoms with van der Waals surface area (Å²) in [6.45, 7) is 4.66. The van der Waals surface area contributed by atoms with E-state index in [0.29, 0.717) is 13.0 Å². The molecule has 2 aliphatic rings. The van der Waals surface area contributed by atoms with Crippen LogP contribution in [0.3, 0.4) is 0 Å². The second-order valence-corrected chi connectivity index (χ2v) is 6.43. The van der Waals surface area contributed by atoms with Gasteiger partial charge in [0.05, 0.1) is 17.7 Å². The van der Waals surface area contributed by atoms with Gasteiger partial charge in [-0.05, 0) is 24.0 Å². The van der Waals surface area contributed by atoms with Crippen LogP contribution in [0.25, 0.3) is 0 Å². The van der Waals surface area contributed by atoms with E-state index in [1.165, 1.54) is 0 Å². The van der Waals surface area contributed by atoms with E-state index >= 15 is 0 Å². The number of nitrogens with one attached hydrogen (secondary N) is 1. The van der Waals surface area contributed by atoms with Crippen LogP contribution in [-0.4, -0.2) is 24.1 Å². The lowest BCUT2D eigenvalue weighted by atomic mass is 9.69. The molecule has 0 radical (unpaired) electrons. The van der Waals surface area contributed by atoms with Gasteiger partial charge in [-0.1, -0.05) is 32.0 Å². The molecule has 0 bridgehead atoms. The van der Waals surface area contributed by atoms with Gasteiger partial charge >= 0.3 is 0 Å². The number of carbonyl (C=O) groups excluding carboxylic acids is 1. The fourth-order valence-electron chi connectivity index (χ4n) is 3.16. The summed E-state index contributed by atoms with van der Waals surface area (Å²) in [5, 5.41) is 4.33. The molecule has 1 aromatic carbocycles. The van der Waals surface area contributed by atoms with E-state index in [9.17, 15) is 4.79 Å². The summed E-state index contributed by atoms with van der Waals surface area (Å²) in [6.07, 6.45) is 1.60. The van der Waals surface area contributed by atoms with Crippen LogP contribution in [0.5, 0.6) is 5.75 Å². The highest BCUT2D eigenvalue weighted by molar-refractivity contribution is 6.08. The molecule has 0 aromatic heterocycles. The molecule has 1 saturated carbocycles. The largest absolute Gasteiger partial charge is 0.488 e. The Bertz CT molecular complexity index is 537. The van der Waals surface area contributed by atoms with E-state index in [0.717, 1.165) is 17.9 Å². The zero-order valence-electron chi connectivity index (χ0n) is 11.9. The normalized spacial score (nSPS) is 27.5. The first kappa shape index (κ1) is 13.2. The van der Waals surface area contributed by atoms with Gasteiger partial charge in [-0.2, -0.15) is 5.10 Å². The van der Waals surface area contributed by atoms with E-state index in [4.69, 9.17) is 4.74 Å². The van der Waals surface area contributed by atoms with E-state index in [2.05, 4.69) is 24.4 Å². The molecule has 1 aliphatic carbocycles. The Kier molecular flexibility index (Phi) is 3.24. The monoisotopic (exact) mass is 272 g/mol.